The molecule has 0 bridgehead atoms. The average molecular weight is 234 g/mol. The zero-order valence-corrected chi connectivity index (χ0v) is 9.60. The van der Waals surface area contributed by atoms with Crippen molar-refractivity contribution in [1.82, 2.24) is 4.98 Å². The molecule has 0 aliphatic carbocycles. The van der Waals surface area contributed by atoms with E-state index in [0.717, 1.165) is 32.4 Å². The fraction of sp³-hybridized carbons (Fsp3) is 0.0667. The number of hydrogen-bond donors (Lipinski definition) is 1. The number of nitrogens with one attached hydrogen (secondary N) is 1. The van der Waals surface area contributed by atoms with Gasteiger partial charge in [-0.05, 0) is 17.4 Å². The van der Waals surface area contributed by atoms with Gasteiger partial charge in [0.05, 0.1) is 5.36 Å². The summed E-state index contributed by atoms with van der Waals surface area (Å²) in [6, 6.07) is 12.2. The van der Waals surface area contributed by atoms with Crippen molar-refractivity contribution in [3.05, 3.63) is 47.0 Å². The average Bonchev–Trinajstić information content (AvgIpc) is 2.77. The molecule has 4 rings (SSSR count). The molecule has 3 nitrogen and oxygen atoms in total. The first-order valence-electron chi connectivity index (χ1n) is 5.94. The van der Waals surface area contributed by atoms with E-state index in [2.05, 4.69) is 22.1 Å². The van der Waals surface area contributed by atoms with Gasteiger partial charge in [-0.3, -0.25) is 4.79 Å². The minimum Gasteiger partial charge on any atom is -0.354 e. The Balaban J connectivity index is 2.37. The van der Waals surface area contributed by atoms with Crippen LogP contribution in [-0.2, 0) is 4.79 Å². The number of nitrogens with zero attached hydrogens (tertiary/aromatic N) is 1. The monoisotopic (exact) mass is 234 g/mol. The largest absolute Gasteiger partial charge is 0.354 e. The molecule has 2 aromatic carbocycles. The number of aromatic amines is 1. The number of rotatable bonds is 0. The zero-order chi connectivity index (χ0) is 12.1. The molecule has 1 N–H and O–H groups in total. The third-order valence-electron chi connectivity index (χ3n) is 3.41. The van der Waals surface area contributed by atoms with Crippen LogP contribution in [0.4, 0.5) is 0 Å². The molecule has 0 fully saturated rings. The lowest BCUT2D eigenvalue weighted by Gasteiger charge is -2.00. The van der Waals surface area contributed by atoms with Crippen LogP contribution in [0.15, 0.2) is 41.4 Å². The molecule has 3 aromatic rings. The van der Waals surface area contributed by atoms with Gasteiger partial charge >= 0.3 is 0 Å². The number of aromatic nitrogens is 1. The number of H-pyrrole nitrogens is 1. The maximum atomic E-state index is 11.5. The lowest BCUT2D eigenvalue weighted by molar-refractivity contribution is -0.117. The summed E-state index contributed by atoms with van der Waals surface area (Å²) >= 11 is 0. The van der Waals surface area contributed by atoms with E-state index in [0.29, 0.717) is 6.42 Å². The molecule has 3 heteroatoms. The minimum absolute atomic E-state index is 0.0692. The maximum Gasteiger partial charge on any atom is 0.250 e. The van der Waals surface area contributed by atoms with Gasteiger partial charge in [0.1, 0.15) is 0 Å². The first-order valence-corrected chi connectivity index (χ1v) is 5.94. The topological polar surface area (TPSA) is 45.2 Å². The van der Waals surface area contributed by atoms with Crippen LogP contribution in [0.3, 0.4) is 0 Å². The van der Waals surface area contributed by atoms with E-state index in [1.807, 2.05) is 30.3 Å². The van der Waals surface area contributed by atoms with Gasteiger partial charge < -0.3 is 4.98 Å². The highest BCUT2D eigenvalue weighted by molar-refractivity contribution is 6.07. The molecule has 1 aromatic heterocycles. The molecule has 0 radical (unpaired) electrons. The second-order valence-electron chi connectivity index (χ2n) is 4.51. The Hall–Kier alpha value is -2.42. The van der Waals surface area contributed by atoms with Gasteiger partial charge in [-0.2, -0.15) is 0 Å². The Morgan fingerprint density at radius 1 is 1.06 bits per heavy atom. The van der Waals surface area contributed by atoms with Crippen LogP contribution in [0.1, 0.15) is 6.42 Å². The molecule has 0 spiro atoms. The Bertz CT molecular complexity index is 919. The van der Waals surface area contributed by atoms with Gasteiger partial charge in [0.25, 0.3) is 0 Å². The summed E-state index contributed by atoms with van der Waals surface area (Å²) < 4.78 is 0. The zero-order valence-electron chi connectivity index (χ0n) is 9.60. The Kier molecular flexibility index (Phi) is 1.75. The van der Waals surface area contributed by atoms with Crippen molar-refractivity contribution in [2.75, 3.05) is 0 Å². The van der Waals surface area contributed by atoms with Crippen LogP contribution >= 0.6 is 0 Å². The molecular formula is C15H10N2O. The third-order valence-corrected chi connectivity index (χ3v) is 3.41. The quantitative estimate of drug-likeness (QED) is 0.631. The molecule has 1 aliphatic heterocycles. The molecule has 1 amide bonds. The summed E-state index contributed by atoms with van der Waals surface area (Å²) in [7, 11) is 0. The highest BCUT2D eigenvalue weighted by atomic mass is 16.1. The molecule has 0 saturated carbocycles. The molecule has 86 valence electrons. The highest BCUT2D eigenvalue weighted by Gasteiger charge is 2.10. The SMILES string of the molecule is O=C1CC=c2ccc3[nH]c4ccccc4c3c2=N1. The van der Waals surface area contributed by atoms with Crippen LogP contribution < -0.4 is 10.6 Å². The summed E-state index contributed by atoms with van der Waals surface area (Å²) in [6.45, 7) is 0. The Labute approximate surface area is 102 Å². The Morgan fingerprint density at radius 2 is 1.94 bits per heavy atom. The second-order valence-corrected chi connectivity index (χ2v) is 4.51. The van der Waals surface area contributed by atoms with Crippen molar-refractivity contribution in [3.8, 4) is 0 Å². The fourth-order valence-electron chi connectivity index (χ4n) is 2.59. The van der Waals surface area contributed by atoms with Gasteiger partial charge in [0.2, 0.25) is 5.91 Å². The smallest absolute Gasteiger partial charge is 0.250 e. The van der Waals surface area contributed by atoms with E-state index in [-0.39, 0.29) is 5.91 Å². The summed E-state index contributed by atoms with van der Waals surface area (Å²) in [5.74, 6) is -0.0692. The predicted molar refractivity (Wildman–Crippen MR) is 70.7 cm³/mol. The van der Waals surface area contributed by atoms with Crippen molar-refractivity contribution in [1.29, 1.82) is 0 Å². The molecule has 18 heavy (non-hydrogen) atoms. The highest BCUT2D eigenvalue weighted by Crippen LogP contribution is 2.21. The number of benzene rings is 2. The first kappa shape index (κ1) is 9.59. The van der Waals surface area contributed by atoms with Crippen LogP contribution in [0, 0.1) is 0 Å². The molecule has 0 unspecified atom stereocenters. The van der Waals surface area contributed by atoms with Crippen molar-refractivity contribution in [2.24, 2.45) is 4.99 Å². The van der Waals surface area contributed by atoms with Crippen LogP contribution in [0.25, 0.3) is 27.9 Å². The number of amides is 1. The normalized spacial score (nSPS) is 14.3. The standard InChI is InChI=1S/C15H10N2O/c18-13-8-6-9-5-7-12-14(15(9)17-13)10-3-1-2-4-11(10)16-12/h1-7,16H,8H2. The lowest BCUT2D eigenvalue weighted by Crippen LogP contribution is -2.29. The van der Waals surface area contributed by atoms with Crippen molar-refractivity contribution in [2.45, 2.75) is 6.42 Å². The van der Waals surface area contributed by atoms with Crippen LogP contribution in [0.5, 0.6) is 0 Å². The van der Waals surface area contributed by atoms with Crippen molar-refractivity contribution in [3.63, 3.8) is 0 Å². The Morgan fingerprint density at radius 3 is 2.89 bits per heavy atom. The van der Waals surface area contributed by atoms with Gasteiger partial charge in [0, 0.05) is 28.2 Å². The van der Waals surface area contributed by atoms with Gasteiger partial charge in [0.15, 0.2) is 0 Å². The number of para-hydroxylation sites is 1. The van der Waals surface area contributed by atoms with E-state index >= 15 is 0 Å². The van der Waals surface area contributed by atoms with E-state index in [9.17, 15) is 4.79 Å². The van der Waals surface area contributed by atoms with Crippen LogP contribution in [-0.4, -0.2) is 10.9 Å². The second kappa shape index (κ2) is 3.29. The fourth-order valence-corrected chi connectivity index (χ4v) is 2.59. The number of fused-ring (bicyclic) bond motifs is 5. The van der Waals surface area contributed by atoms with Gasteiger partial charge in [-0.25, -0.2) is 4.99 Å². The number of carbonyl (C=O) groups excluding carboxylic acids is 1. The van der Waals surface area contributed by atoms with E-state index in [4.69, 9.17) is 0 Å². The first-order chi connectivity index (χ1) is 8.83. The van der Waals surface area contributed by atoms with Crippen molar-refractivity contribution >= 4 is 33.8 Å². The number of hydrogen-bond acceptors (Lipinski definition) is 1. The van der Waals surface area contributed by atoms with Gasteiger partial charge in [-0.1, -0.05) is 30.3 Å². The molecule has 1 aliphatic rings. The minimum atomic E-state index is -0.0692. The summed E-state index contributed by atoms with van der Waals surface area (Å²) in [5.41, 5.74) is 2.11. The van der Waals surface area contributed by atoms with E-state index < -0.39 is 0 Å². The van der Waals surface area contributed by atoms with Crippen molar-refractivity contribution < 1.29 is 4.79 Å². The third kappa shape index (κ3) is 1.19. The summed E-state index contributed by atoms with van der Waals surface area (Å²) in [6.07, 6.45) is 2.35. The summed E-state index contributed by atoms with van der Waals surface area (Å²) in [4.78, 5) is 19.1. The molecule has 0 atom stereocenters. The molecule has 2 heterocycles. The molecular weight excluding hydrogens is 224 g/mol. The van der Waals surface area contributed by atoms with E-state index in [1.54, 1.807) is 0 Å². The predicted octanol–water partition coefficient (Wildman–Crippen LogP) is 1.65. The molecule has 0 saturated heterocycles. The number of carbonyl (C=O) groups is 1. The lowest BCUT2D eigenvalue weighted by atomic mass is 10.1. The maximum absolute atomic E-state index is 11.5. The van der Waals surface area contributed by atoms with Gasteiger partial charge in [-0.15, -0.1) is 0 Å². The van der Waals surface area contributed by atoms with E-state index in [1.165, 1.54) is 0 Å². The van der Waals surface area contributed by atoms with Crippen LogP contribution in [0.2, 0.25) is 0 Å². The summed E-state index contributed by atoms with van der Waals surface area (Å²) in [5, 5.41) is 4.02.